The van der Waals surface area contributed by atoms with Crippen LogP contribution in [0.4, 0.5) is 5.69 Å². The van der Waals surface area contributed by atoms with E-state index >= 15 is 0 Å². The van der Waals surface area contributed by atoms with E-state index in [0.717, 1.165) is 30.5 Å². The number of anilines is 1. The van der Waals surface area contributed by atoms with Crippen LogP contribution >= 0.6 is 0 Å². The molecule has 0 spiro atoms. The number of aromatic carboxylic acids is 1. The Labute approximate surface area is 123 Å². The Bertz CT molecular complexity index is 565. The van der Waals surface area contributed by atoms with Gasteiger partial charge >= 0.3 is 5.97 Å². The second-order valence-corrected chi connectivity index (χ2v) is 5.81. The number of hydrogen-bond acceptors (Lipinski definition) is 3. The van der Waals surface area contributed by atoms with Gasteiger partial charge in [-0.1, -0.05) is 12.8 Å². The molecule has 1 saturated carbocycles. The number of nitrogens with one attached hydrogen (secondary N) is 1. The van der Waals surface area contributed by atoms with Crippen molar-refractivity contribution in [2.75, 3.05) is 18.0 Å². The summed E-state index contributed by atoms with van der Waals surface area (Å²) < 4.78 is 0. The van der Waals surface area contributed by atoms with Crippen LogP contribution in [0.1, 0.15) is 41.6 Å². The van der Waals surface area contributed by atoms with Crippen molar-refractivity contribution in [3.63, 3.8) is 0 Å². The molecule has 21 heavy (non-hydrogen) atoms. The Morgan fingerprint density at radius 2 is 2.05 bits per heavy atom. The third-order valence-electron chi connectivity index (χ3n) is 4.42. The molecule has 1 heterocycles. The first kappa shape index (κ1) is 14.1. The van der Waals surface area contributed by atoms with Gasteiger partial charge in [0.2, 0.25) is 5.91 Å². The molecule has 1 aromatic carbocycles. The van der Waals surface area contributed by atoms with Crippen molar-refractivity contribution in [1.29, 1.82) is 0 Å². The van der Waals surface area contributed by atoms with Gasteiger partial charge in [0.15, 0.2) is 0 Å². The van der Waals surface area contributed by atoms with Crippen molar-refractivity contribution < 1.29 is 14.7 Å². The molecule has 2 aliphatic rings. The molecule has 2 N–H and O–H groups in total. The summed E-state index contributed by atoms with van der Waals surface area (Å²) in [4.78, 5) is 25.1. The quantitative estimate of drug-likeness (QED) is 0.886. The van der Waals surface area contributed by atoms with Crippen LogP contribution in [0.5, 0.6) is 0 Å². The highest BCUT2D eigenvalue weighted by atomic mass is 16.4. The molecule has 3 rings (SSSR count). The van der Waals surface area contributed by atoms with Crippen molar-refractivity contribution in [2.24, 2.45) is 0 Å². The van der Waals surface area contributed by atoms with E-state index in [0.29, 0.717) is 19.1 Å². The molecule has 1 aliphatic heterocycles. The van der Waals surface area contributed by atoms with Crippen LogP contribution < -0.4 is 10.2 Å². The number of nitrogens with zero attached hydrogens (tertiary/aromatic N) is 1. The van der Waals surface area contributed by atoms with Gasteiger partial charge < -0.3 is 15.3 Å². The average molecular weight is 288 g/mol. The van der Waals surface area contributed by atoms with Gasteiger partial charge in [0, 0.05) is 18.3 Å². The molecule has 112 valence electrons. The summed E-state index contributed by atoms with van der Waals surface area (Å²) in [5, 5.41) is 12.3. The summed E-state index contributed by atoms with van der Waals surface area (Å²) in [7, 11) is 0. The SMILES string of the molecule is O=C(O)c1ccc2c(c1)CCN2C(=O)CNC1CCCC1. The molecule has 5 heteroatoms. The third kappa shape index (κ3) is 2.93. The number of carboxylic acid groups (broad SMARTS) is 1. The van der Waals surface area contributed by atoms with E-state index in [1.165, 1.54) is 12.8 Å². The smallest absolute Gasteiger partial charge is 0.335 e. The van der Waals surface area contributed by atoms with Gasteiger partial charge in [0.05, 0.1) is 12.1 Å². The fourth-order valence-corrected chi connectivity index (χ4v) is 3.25. The van der Waals surface area contributed by atoms with E-state index in [1.54, 1.807) is 23.1 Å². The summed E-state index contributed by atoms with van der Waals surface area (Å²) in [6.07, 6.45) is 5.54. The molecule has 1 aliphatic carbocycles. The van der Waals surface area contributed by atoms with E-state index in [-0.39, 0.29) is 11.5 Å². The Hall–Kier alpha value is -1.88. The van der Waals surface area contributed by atoms with Crippen molar-refractivity contribution in [2.45, 2.75) is 38.1 Å². The van der Waals surface area contributed by atoms with Gasteiger partial charge in [-0.05, 0) is 43.0 Å². The maximum Gasteiger partial charge on any atom is 0.335 e. The zero-order valence-corrected chi connectivity index (χ0v) is 12.0. The minimum atomic E-state index is -0.925. The number of carboxylic acids is 1. The monoisotopic (exact) mass is 288 g/mol. The maximum atomic E-state index is 12.3. The Morgan fingerprint density at radius 3 is 2.76 bits per heavy atom. The van der Waals surface area contributed by atoms with Gasteiger partial charge in [0.25, 0.3) is 0 Å². The summed E-state index contributed by atoms with van der Waals surface area (Å²) in [5.41, 5.74) is 2.09. The highest BCUT2D eigenvalue weighted by Gasteiger charge is 2.26. The second kappa shape index (κ2) is 5.85. The second-order valence-electron chi connectivity index (χ2n) is 5.81. The minimum absolute atomic E-state index is 0.0729. The highest BCUT2D eigenvalue weighted by Crippen LogP contribution is 2.29. The molecule has 1 amide bonds. The number of amides is 1. The summed E-state index contributed by atoms with van der Waals surface area (Å²) >= 11 is 0. The molecular formula is C16H20N2O3. The summed E-state index contributed by atoms with van der Waals surface area (Å²) in [5.74, 6) is -0.853. The van der Waals surface area contributed by atoms with Crippen LogP contribution in [0.3, 0.4) is 0 Å². The first-order valence-corrected chi connectivity index (χ1v) is 7.55. The molecule has 5 nitrogen and oxygen atoms in total. The van der Waals surface area contributed by atoms with E-state index in [2.05, 4.69) is 5.32 Å². The normalized spacial score (nSPS) is 18.0. The van der Waals surface area contributed by atoms with Crippen LogP contribution in [-0.2, 0) is 11.2 Å². The topological polar surface area (TPSA) is 69.6 Å². The summed E-state index contributed by atoms with van der Waals surface area (Å²) in [6.45, 7) is 1.01. The lowest BCUT2D eigenvalue weighted by Gasteiger charge is -2.19. The molecule has 0 aromatic heterocycles. The van der Waals surface area contributed by atoms with Crippen molar-refractivity contribution >= 4 is 17.6 Å². The van der Waals surface area contributed by atoms with Gasteiger partial charge in [-0.15, -0.1) is 0 Å². The van der Waals surface area contributed by atoms with Gasteiger partial charge in [-0.25, -0.2) is 4.79 Å². The molecule has 0 bridgehead atoms. The van der Waals surface area contributed by atoms with Crippen molar-refractivity contribution in [3.05, 3.63) is 29.3 Å². The molecule has 0 unspecified atom stereocenters. The lowest BCUT2D eigenvalue weighted by molar-refractivity contribution is -0.117. The Balaban J connectivity index is 1.65. The molecule has 0 atom stereocenters. The molecular weight excluding hydrogens is 268 g/mol. The largest absolute Gasteiger partial charge is 0.478 e. The molecule has 1 fully saturated rings. The van der Waals surface area contributed by atoms with E-state index in [4.69, 9.17) is 5.11 Å². The van der Waals surface area contributed by atoms with E-state index in [9.17, 15) is 9.59 Å². The first-order valence-electron chi connectivity index (χ1n) is 7.55. The number of carbonyl (C=O) groups is 2. The zero-order chi connectivity index (χ0) is 14.8. The number of carbonyl (C=O) groups excluding carboxylic acids is 1. The van der Waals surface area contributed by atoms with Gasteiger partial charge in [-0.3, -0.25) is 4.79 Å². The molecule has 1 aromatic rings. The minimum Gasteiger partial charge on any atom is -0.478 e. The standard InChI is InChI=1S/C16H20N2O3/c19-15(10-17-13-3-1-2-4-13)18-8-7-11-9-12(16(20)21)5-6-14(11)18/h5-6,9,13,17H,1-4,7-8,10H2,(H,20,21). The Morgan fingerprint density at radius 1 is 1.29 bits per heavy atom. The first-order chi connectivity index (χ1) is 10.1. The fourth-order valence-electron chi connectivity index (χ4n) is 3.25. The highest BCUT2D eigenvalue weighted by molar-refractivity contribution is 5.98. The van der Waals surface area contributed by atoms with E-state index < -0.39 is 5.97 Å². The van der Waals surface area contributed by atoms with Crippen molar-refractivity contribution in [1.82, 2.24) is 5.32 Å². The van der Waals surface area contributed by atoms with E-state index in [1.807, 2.05) is 0 Å². The lowest BCUT2D eigenvalue weighted by atomic mass is 10.1. The predicted octanol–water partition coefficient (Wildman–Crippen LogP) is 1.81. The number of benzene rings is 1. The maximum absolute atomic E-state index is 12.3. The number of fused-ring (bicyclic) bond motifs is 1. The zero-order valence-electron chi connectivity index (χ0n) is 12.0. The van der Waals surface area contributed by atoms with Gasteiger partial charge in [0.1, 0.15) is 0 Å². The van der Waals surface area contributed by atoms with Crippen LogP contribution in [-0.4, -0.2) is 36.1 Å². The van der Waals surface area contributed by atoms with Crippen molar-refractivity contribution in [3.8, 4) is 0 Å². The number of hydrogen-bond donors (Lipinski definition) is 2. The van der Waals surface area contributed by atoms with Crippen LogP contribution in [0, 0.1) is 0 Å². The van der Waals surface area contributed by atoms with Crippen LogP contribution in [0.15, 0.2) is 18.2 Å². The molecule has 0 saturated heterocycles. The molecule has 0 radical (unpaired) electrons. The average Bonchev–Trinajstić information content (AvgIpc) is 3.13. The summed E-state index contributed by atoms with van der Waals surface area (Å²) in [6, 6.07) is 5.47. The lowest BCUT2D eigenvalue weighted by Crippen LogP contribution is -2.40. The van der Waals surface area contributed by atoms with Crippen LogP contribution in [0.2, 0.25) is 0 Å². The third-order valence-corrected chi connectivity index (χ3v) is 4.42. The van der Waals surface area contributed by atoms with Crippen LogP contribution in [0.25, 0.3) is 0 Å². The number of rotatable bonds is 4. The predicted molar refractivity (Wildman–Crippen MR) is 79.7 cm³/mol. The fraction of sp³-hybridized carbons (Fsp3) is 0.500. The van der Waals surface area contributed by atoms with Gasteiger partial charge in [-0.2, -0.15) is 0 Å². The Kier molecular flexibility index (Phi) is 3.92.